The predicted octanol–water partition coefficient (Wildman–Crippen LogP) is 18.3. The second-order valence-electron chi connectivity index (χ2n) is 17.8. The van der Waals surface area contributed by atoms with Crippen molar-refractivity contribution in [2.45, 2.75) is 245 Å². The molecule has 6 heteroatoms. The molecular weight excluding hydrogens is 829 g/mol. The molecule has 0 bridgehead atoms. The number of unbranched alkanes of at least 4 members (excludes halogenated alkanes) is 19. The van der Waals surface area contributed by atoms with Crippen LogP contribution in [-0.2, 0) is 28.6 Å². The average molecular weight is 929 g/mol. The zero-order chi connectivity index (χ0) is 48.6. The van der Waals surface area contributed by atoms with E-state index in [-0.39, 0.29) is 31.1 Å². The molecule has 67 heavy (non-hydrogen) atoms. The highest BCUT2D eigenvalue weighted by Gasteiger charge is 2.19. The molecular formula is C61H100O6. The molecule has 0 heterocycles. The van der Waals surface area contributed by atoms with Gasteiger partial charge >= 0.3 is 17.9 Å². The van der Waals surface area contributed by atoms with Gasteiger partial charge in [0.15, 0.2) is 6.10 Å². The van der Waals surface area contributed by atoms with Crippen molar-refractivity contribution < 1.29 is 28.6 Å². The third-order valence-corrected chi connectivity index (χ3v) is 11.2. The summed E-state index contributed by atoms with van der Waals surface area (Å²) in [5, 5.41) is 0. The lowest BCUT2D eigenvalue weighted by Gasteiger charge is -2.18. The fraction of sp³-hybridized carbons (Fsp3) is 0.656. The van der Waals surface area contributed by atoms with Gasteiger partial charge in [0, 0.05) is 19.3 Å². The monoisotopic (exact) mass is 929 g/mol. The van der Waals surface area contributed by atoms with Crippen molar-refractivity contribution in [2.75, 3.05) is 13.2 Å². The molecule has 0 aliphatic heterocycles. The van der Waals surface area contributed by atoms with E-state index < -0.39 is 6.10 Å². The molecule has 0 fully saturated rings. The third kappa shape index (κ3) is 52.9. The van der Waals surface area contributed by atoms with E-state index in [1.165, 1.54) is 57.8 Å². The summed E-state index contributed by atoms with van der Waals surface area (Å²) in [5.41, 5.74) is 0. The van der Waals surface area contributed by atoms with Crippen molar-refractivity contribution in [2.24, 2.45) is 0 Å². The fourth-order valence-electron chi connectivity index (χ4n) is 7.16. The van der Waals surface area contributed by atoms with Crippen LogP contribution >= 0.6 is 0 Å². The minimum absolute atomic E-state index is 0.0893. The standard InChI is InChI=1S/C61H100O6/c1-4-7-10-13-16-19-22-23-24-25-26-27-28-29-30-31-32-33-34-35-36-37-38-39-40-43-45-48-51-54-60(63)66-57-58(67-61(64)55-52-49-46-42-21-18-15-12-9-6-3)56-65-59(62)53-50-47-44-41-20-17-14-11-8-5-2/h7,10,12,15-16,19,23-24,26-27,29-30,32-33,35-36,38-39,58H,4-6,8-9,11,13-14,17-18,20-22,25,28,31,34,37,40-57H2,1-3H3/b10-7-,15-12-,19-16-,24-23-,27-26-,30-29-,33-32-,36-35-,39-38-. The first-order valence-electron chi connectivity index (χ1n) is 27.4. The Morgan fingerprint density at radius 1 is 0.313 bits per heavy atom. The Labute approximate surface area is 412 Å². The highest BCUT2D eigenvalue weighted by molar-refractivity contribution is 5.71. The smallest absolute Gasteiger partial charge is 0.306 e. The summed E-state index contributed by atoms with van der Waals surface area (Å²) in [5.74, 6) is -0.933. The molecule has 0 N–H and O–H groups in total. The molecule has 0 spiro atoms. The maximum atomic E-state index is 12.7. The van der Waals surface area contributed by atoms with E-state index in [4.69, 9.17) is 14.2 Å². The second kappa shape index (κ2) is 54.7. The van der Waals surface area contributed by atoms with Gasteiger partial charge in [-0.15, -0.1) is 0 Å². The van der Waals surface area contributed by atoms with Crippen molar-refractivity contribution in [3.63, 3.8) is 0 Å². The van der Waals surface area contributed by atoms with Crippen LogP contribution in [0.25, 0.3) is 0 Å². The van der Waals surface area contributed by atoms with Crippen molar-refractivity contribution in [3.8, 4) is 0 Å². The summed E-state index contributed by atoms with van der Waals surface area (Å²) >= 11 is 0. The number of hydrogen-bond donors (Lipinski definition) is 0. The summed E-state index contributed by atoms with van der Waals surface area (Å²) in [6.07, 6.45) is 73.8. The van der Waals surface area contributed by atoms with E-state index in [2.05, 4.69) is 130 Å². The van der Waals surface area contributed by atoms with Crippen LogP contribution in [-0.4, -0.2) is 37.2 Å². The van der Waals surface area contributed by atoms with Crippen molar-refractivity contribution in [1.82, 2.24) is 0 Å². The van der Waals surface area contributed by atoms with Gasteiger partial charge in [-0.3, -0.25) is 14.4 Å². The molecule has 1 unspecified atom stereocenters. The second-order valence-corrected chi connectivity index (χ2v) is 17.8. The van der Waals surface area contributed by atoms with Crippen molar-refractivity contribution in [1.29, 1.82) is 0 Å². The molecule has 0 saturated carbocycles. The zero-order valence-corrected chi connectivity index (χ0v) is 43.4. The molecule has 6 nitrogen and oxygen atoms in total. The Bertz CT molecular complexity index is 1390. The number of ether oxygens (including phenoxy) is 3. The summed E-state index contributed by atoms with van der Waals surface area (Å²) in [6.45, 7) is 6.41. The number of allylic oxidation sites excluding steroid dienone is 18. The molecule has 0 aliphatic rings. The highest BCUT2D eigenvalue weighted by atomic mass is 16.6. The first-order chi connectivity index (χ1) is 33.0. The lowest BCUT2D eigenvalue weighted by molar-refractivity contribution is -0.167. The van der Waals surface area contributed by atoms with Gasteiger partial charge in [-0.1, -0.05) is 226 Å². The number of hydrogen-bond acceptors (Lipinski definition) is 6. The van der Waals surface area contributed by atoms with Gasteiger partial charge in [-0.25, -0.2) is 0 Å². The van der Waals surface area contributed by atoms with Crippen molar-refractivity contribution in [3.05, 3.63) is 109 Å². The molecule has 0 amide bonds. The molecule has 380 valence electrons. The van der Waals surface area contributed by atoms with Crippen LogP contribution in [0.1, 0.15) is 239 Å². The topological polar surface area (TPSA) is 78.9 Å². The van der Waals surface area contributed by atoms with Crippen LogP contribution in [0, 0.1) is 0 Å². The van der Waals surface area contributed by atoms with Crippen LogP contribution < -0.4 is 0 Å². The van der Waals surface area contributed by atoms with Gasteiger partial charge in [-0.05, 0) is 103 Å². The average Bonchev–Trinajstić information content (AvgIpc) is 3.33. The SMILES string of the molecule is CC/C=C\C/C=C\C/C=C\C/C=C\C/C=C\C/C=C\C/C=C\C/C=C\CCCCCCC(=O)OCC(COC(=O)CCCCCCCCCCCC)OC(=O)CCCCCCC/C=C\CCC. The van der Waals surface area contributed by atoms with Crippen LogP contribution in [0.5, 0.6) is 0 Å². The first kappa shape index (κ1) is 63.1. The summed E-state index contributed by atoms with van der Waals surface area (Å²) in [4.78, 5) is 37.9. The van der Waals surface area contributed by atoms with E-state index in [0.717, 1.165) is 141 Å². The van der Waals surface area contributed by atoms with Crippen LogP contribution in [0.4, 0.5) is 0 Å². The van der Waals surface area contributed by atoms with E-state index in [1.807, 2.05) is 0 Å². The predicted molar refractivity (Wildman–Crippen MR) is 288 cm³/mol. The van der Waals surface area contributed by atoms with Gasteiger partial charge in [0.2, 0.25) is 0 Å². The van der Waals surface area contributed by atoms with Crippen molar-refractivity contribution >= 4 is 17.9 Å². The van der Waals surface area contributed by atoms with E-state index in [0.29, 0.717) is 19.3 Å². The largest absolute Gasteiger partial charge is 0.462 e. The zero-order valence-electron chi connectivity index (χ0n) is 43.4. The van der Waals surface area contributed by atoms with E-state index in [9.17, 15) is 14.4 Å². The Morgan fingerprint density at radius 2 is 0.612 bits per heavy atom. The maximum absolute atomic E-state index is 12.7. The van der Waals surface area contributed by atoms with Gasteiger partial charge in [-0.2, -0.15) is 0 Å². The van der Waals surface area contributed by atoms with Gasteiger partial charge < -0.3 is 14.2 Å². The number of carbonyl (C=O) groups excluding carboxylic acids is 3. The van der Waals surface area contributed by atoms with Gasteiger partial charge in [0.05, 0.1) is 0 Å². The summed E-state index contributed by atoms with van der Waals surface area (Å²) in [7, 11) is 0. The van der Waals surface area contributed by atoms with Gasteiger partial charge in [0.25, 0.3) is 0 Å². The number of carbonyl (C=O) groups is 3. The molecule has 1 atom stereocenters. The molecule has 0 saturated heterocycles. The molecule has 0 aromatic rings. The fourth-order valence-corrected chi connectivity index (χ4v) is 7.16. The Hall–Kier alpha value is -3.93. The Morgan fingerprint density at radius 3 is 0.985 bits per heavy atom. The van der Waals surface area contributed by atoms with Crippen LogP contribution in [0.2, 0.25) is 0 Å². The summed E-state index contributed by atoms with van der Waals surface area (Å²) < 4.78 is 16.7. The quantitative estimate of drug-likeness (QED) is 0.0262. The van der Waals surface area contributed by atoms with Crippen LogP contribution in [0.3, 0.4) is 0 Å². The molecule has 0 aromatic carbocycles. The minimum Gasteiger partial charge on any atom is -0.462 e. The lowest BCUT2D eigenvalue weighted by Crippen LogP contribution is -2.30. The Balaban J connectivity index is 4.26. The third-order valence-electron chi connectivity index (χ3n) is 11.2. The molecule has 0 radical (unpaired) electrons. The highest BCUT2D eigenvalue weighted by Crippen LogP contribution is 2.14. The summed E-state index contributed by atoms with van der Waals surface area (Å²) in [6, 6.07) is 0. The number of rotatable bonds is 48. The van der Waals surface area contributed by atoms with Crippen LogP contribution in [0.15, 0.2) is 109 Å². The normalized spacial score (nSPS) is 12.9. The molecule has 0 rings (SSSR count). The Kier molecular flexibility index (Phi) is 51.5. The molecule has 0 aliphatic carbocycles. The lowest BCUT2D eigenvalue weighted by atomic mass is 10.1. The minimum atomic E-state index is -0.790. The molecule has 0 aromatic heterocycles. The number of esters is 3. The maximum Gasteiger partial charge on any atom is 0.306 e. The van der Waals surface area contributed by atoms with E-state index in [1.54, 1.807) is 0 Å². The van der Waals surface area contributed by atoms with Gasteiger partial charge in [0.1, 0.15) is 13.2 Å². The first-order valence-corrected chi connectivity index (χ1v) is 27.4. The van der Waals surface area contributed by atoms with E-state index >= 15 is 0 Å².